The van der Waals surface area contributed by atoms with Gasteiger partial charge in [0.2, 0.25) is 0 Å². The summed E-state index contributed by atoms with van der Waals surface area (Å²) in [5.41, 5.74) is 4.71. The zero-order chi connectivity index (χ0) is 23.3. The Balaban J connectivity index is 1.27. The molecule has 5 aromatic rings. The van der Waals surface area contributed by atoms with E-state index in [9.17, 15) is 0 Å². The standard InChI is InChI=1S/C26H24N6S2/c1-31-23(19-11-5-3-6-12-19)27-29-25(31)33-17-21-15-9-10-16-22(21)18-34-26-30-28-24(32(26)2)20-13-7-4-8-14-20/h3-16H,17-18H2,1-2H3. The number of thioether (sulfide) groups is 2. The van der Waals surface area contributed by atoms with Crippen molar-refractivity contribution in [3.8, 4) is 22.8 Å². The summed E-state index contributed by atoms with van der Waals surface area (Å²) >= 11 is 3.41. The molecule has 3 aromatic carbocycles. The number of hydrogen-bond donors (Lipinski definition) is 0. The molecule has 0 saturated carbocycles. The summed E-state index contributed by atoms with van der Waals surface area (Å²) in [6.07, 6.45) is 0. The molecule has 0 radical (unpaired) electrons. The highest BCUT2D eigenvalue weighted by Gasteiger charge is 2.14. The molecule has 34 heavy (non-hydrogen) atoms. The molecule has 170 valence electrons. The molecule has 0 aliphatic carbocycles. The third kappa shape index (κ3) is 4.78. The molecule has 2 heterocycles. The normalized spacial score (nSPS) is 11.1. The van der Waals surface area contributed by atoms with E-state index in [2.05, 4.69) is 78.1 Å². The minimum atomic E-state index is 0.825. The quantitative estimate of drug-likeness (QED) is 0.257. The van der Waals surface area contributed by atoms with Crippen LogP contribution in [0.15, 0.2) is 95.2 Å². The molecule has 0 amide bonds. The predicted molar refractivity (Wildman–Crippen MR) is 138 cm³/mol. The summed E-state index contributed by atoms with van der Waals surface area (Å²) in [5, 5.41) is 19.5. The predicted octanol–water partition coefficient (Wildman–Crippen LogP) is 5.86. The molecule has 0 unspecified atom stereocenters. The molecular formula is C26H24N6S2. The topological polar surface area (TPSA) is 61.4 Å². The first-order valence-electron chi connectivity index (χ1n) is 10.9. The van der Waals surface area contributed by atoms with Gasteiger partial charge in [-0.1, -0.05) is 108 Å². The summed E-state index contributed by atoms with van der Waals surface area (Å²) < 4.78 is 4.12. The fraction of sp³-hybridized carbons (Fsp3) is 0.154. The van der Waals surface area contributed by atoms with Gasteiger partial charge in [-0.25, -0.2) is 0 Å². The van der Waals surface area contributed by atoms with Gasteiger partial charge in [-0.3, -0.25) is 0 Å². The van der Waals surface area contributed by atoms with E-state index >= 15 is 0 Å². The lowest BCUT2D eigenvalue weighted by Crippen LogP contribution is -1.97. The molecule has 0 atom stereocenters. The average Bonchev–Trinajstić information content (AvgIpc) is 3.44. The van der Waals surface area contributed by atoms with Crippen LogP contribution in [-0.4, -0.2) is 29.5 Å². The van der Waals surface area contributed by atoms with Gasteiger partial charge in [0.25, 0.3) is 0 Å². The lowest BCUT2D eigenvalue weighted by molar-refractivity contribution is 0.793. The summed E-state index contributed by atoms with van der Waals surface area (Å²) in [6.45, 7) is 0. The molecule has 5 rings (SSSR count). The molecule has 0 saturated heterocycles. The Bertz CT molecular complexity index is 1270. The summed E-state index contributed by atoms with van der Waals surface area (Å²) in [5.74, 6) is 3.41. The summed E-state index contributed by atoms with van der Waals surface area (Å²) in [6, 6.07) is 28.9. The third-order valence-corrected chi connectivity index (χ3v) is 7.70. The van der Waals surface area contributed by atoms with Crippen LogP contribution in [0, 0.1) is 0 Å². The first kappa shape index (κ1) is 22.4. The van der Waals surface area contributed by atoms with Crippen molar-refractivity contribution in [3.63, 3.8) is 0 Å². The second-order valence-corrected chi connectivity index (χ2v) is 9.69. The van der Waals surface area contributed by atoms with E-state index in [1.54, 1.807) is 23.5 Å². The minimum absolute atomic E-state index is 0.825. The SMILES string of the molecule is Cn1c(SCc2ccccc2CSc2nnc(-c3ccccc3)n2C)nnc1-c1ccccc1. The zero-order valence-electron chi connectivity index (χ0n) is 19.0. The van der Waals surface area contributed by atoms with Crippen molar-refractivity contribution in [1.82, 2.24) is 29.5 Å². The molecule has 8 heteroatoms. The second-order valence-electron chi connectivity index (χ2n) is 7.81. The van der Waals surface area contributed by atoms with Crippen LogP contribution in [0.25, 0.3) is 22.8 Å². The van der Waals surface area contributed by atoms with Gasteiger partial charge < -0.3 is 9.13 Å². The third-order valence-electron chi connectivity index (χ3n) is 5.57. The van der Waals surface area contributed by atoms with Crippen molar-refractivity contribution in [2.75, 3.05) is 0 Å². The Morgan fingerprint density at radius 2 is 0.912 bits per heavy atom. The van der Waals surface area contributed by atoms with Crippen LogP contribution in [-0.2, 0) is 25.6 Å². The van der Waals surface area contributed by atoms with E-state index < -0.39 is 0 Å². The summed E-state index contributed by atoms with van der Waals surface area (Å²) in [4.78, 5) is 0. The molecule has 0 fully saturated rings. The molecule has 0 N–H and O–H groups in total. The van der Waals surface area contributed by atoms with Gasteiger partial charge in [-0.2, -0.15) is 0 Å². The van der Waals surface area contributed by atoms with Crippen molar-refractivity contribution < 1.29 is 0 Å². The second kappa shape index (κ2) is 10.3. The Hall–Kier alpha value is -3.36. The largest absolute Gasteiger partial charge is 0.305 e. The molecule has 0 spiro atoms. The van der Waals surface area contributed by atoms with Crippen LogP contribution in [0.5, 0.6) is 0 Å². The van der Waals surface area contributed by atoms with Crippen LogP contribution < -0.4 is 0 Å². The first-order valence-corrected chi connectivity index (χ1v) is 12.9. The van der Waals surface area contributed by atoms with Crippen molar-refractivity contribution in [1.29, 1.82) is 0 Å². The van der Waals surface area contributed by atoms with Gasteiger partial charge in [0.1, 0.15) is 0 Å². The Morgan fingerprint density at radius 3 is 1.32 bits per heavy atom. The highest BCUT2D eigenvalue weighted by atomic mass is 32.2. The van der Waals surface area contributed by atoms with Crippen LogP contribution in [0.1, 0.15) is 11.1 Å². The van der Waals surface area contributed by atoms with E-state index in [1.165, 1.54) is 11.1 Å². The number of aromatic nitrogens is 6. The van der Waals surface area contributed by atoms with Crippen molar-refractivity contribution >= 4 is 23.5 Å². The van der Waals surface area contributed by atoms with Crippen molar-refractivity contribution in [2.24, 2.45) is 14.1 Å². The van der Waals surface area contributed by atoms with E-state index in [0.29, 0.717) is 0 Å². The van der Waals surface area contributed by atoms with Crippen LogP contribution in [0.3, 0.4) is 0 Å². The summed E-state index contributed by atoms with van der Waals surface area (Å²) in [7, 11) is 4.04. The maximum absolute atomic E-state index is 4.42. The van der Waals surface area contributed by atoms with Gasteiger partial charge in [0.15, 0.2) is 22.0 Å². The van der Waals surface area contributed by atoms with Gasteiger partial charge in [-0.15, -0.1) is 20.4 Å². The average molecular weight is 485 g/mol. The molecule has 0 aliphatic heterocycles. The maximum Gasteiger partial charge on any atom is 0.191 e. The minimum Gasteiger partial charge on any atom is -0.305 e. The maximum atomic E-state index is 4.42. The highest BCUT2D eigenvalue weighted by Crippen LogP contribution is 2.30. The highest BCUT2D eigenvalue weighted by molar-refractivity contribution is 7.98. The van der Waals surface area contributed by atoms with Crippen molar-refractivity contribution in [2.45, 2.75) is 21.8 Å². The lowest BCUT2D eigenvalue weighted by Gasteiger charge is -2.09. The fourth-order valence-electron chi connectivity index (χ4n) is 3.68. The van der Waals surface area contributed by atoms with Gasteiger partial charge in [0.05, 0.1) is 0 Å². The van der Waals surface area contributed by atoms with Crippen LogP contribution in [0.2, 0.25) is 0 Å². The fourth-order valence-corrected chi connectivity index (χ4v) is 5.57. The van der Waals surface area contributed by atoms with E-state index in [1.807, 2.05) is 50.5 Å². The lowest BCUT2D eigenvalue weighted by atomic mass is 10.1. The Labute approximate surface area is 207 Å². The van der Waals surface area contributed by atoms with Crippen LogP contribution >= 0.6 is 23.5 Å². The van der Waals surface area contributed by atoms with E-state index in [0.717, 1.165) is 44.6 Å². The molecule has 0 aliphatic rings. The zero-order valence-corrected chi connectivity index (χ0v) is 20.6. The first-order chi connectivity index (χ1) is 16.7. The molecule has 6 nitrogen and oxygen atoms in total. The number of rotatable bonds is 8. The Morgan fingerprint density at radius 1 is 0.529 bits per heavy atom. The monoisotopic (exact) mass is 484 g/mol. The molecule has 2 aromatic heterocycles. The van der Waals surface area contributed by atoms with Crippen LogP contribution in [0.4, 0.5) is 0 Å². The smallest absolute Gasteiger partial charge is 0.191 e. The number of hydrogen-bond acceptors (Lipinski definition) is 6. The van der Waals surface area contributed by atoms with Gasteiger partial charge in [0, 0.05) is 36.7 Å². The number of benzene rings is 3. The van der Waals surface area contributed by atoms with Crippen molar-refractivity contribution in [3.05, 3.63) is 96.1 Å². The van der Waals surface area contributed by atoms with E-state index in [4.69, 9.17) is 0 Å². The molecular weight excluding hydrogens is 460 g/mol. The van der Waals surface area contributed by atoms with Gasteiger partial charge in [-0.05, 0) is 11.1 Å². The number of nitrogens with zero attached hydrogens (tertiary/aromatic N) is 6. The molecule has 0 bridgehead atoms. The van der Waals surface area contributed by atoms with Gasteiger partial charge >= 0.3 is 0 Å². The Kier molecular flexibility index (Phi) is 6.78. The van der Waals surface area contributed by atoms with E-state index in [-0.39, 0.29) is 0 Å².